The van der Waals surface area contributed by atoms with Crippen LogP contribution in [0.3, 0.4) is 0 Å². The van der Waals surface area contributed by atoms with Crippen LogP contribution in [0, 0.1) is 10.3 Å². The molecule has 1 aliphatic carbocycles. The van der Waals surface area contributed by atoms with E-state index in [1.807, 2.05) is 16.8 Å². The van der Waals surface area contributed by atoms with Crippen molar-refractivity contribution in [2.45, 2.75) is 86.8 Å². The quantitative estimate of drug-likeness (QED) is 0.0152. The molecule has 4 atom stereocenters. The summed E-state index contributed by atoms with van der Waals surface area (Å²) in [5, 5.41) is 27.4. The molecule has 3 fully saturated rings. The number of ether oxygens (including phenoxy) is 5. The van der Waals surface area contributed by atoms with Gasteiger partial charge < -0.3 is 49.9 Å². The molecular formula is C44H65Cl2N9O9S. The highest BCUT2D eigenvalue weighted by molar-refractivity contribution is 8.00. The lowest BCUT2D eigenvalue weighted by Gasteiger charge is -2.38. The fraction of sp³-hybridized carbons (Fsp3) is 0.636. The number of halogens is 2. The number of thioether (sulfide) groups is 1. The highest BCUT2D eigenvalue weighted by Crippen LogP contribution is 2.33. The van der Waals surface area contributed by atoms with Crippen LogP contribution in [0.25, 0.3) is 0 Å². The smallest absolute Gasteiger partial charge is 0.315 e. The second-order valence-corrected chi connectivity index (χ2v) is 18.3. The highest BCUT2D eigenvalue weighted by atomic mass is 35.5. The zero-order valence-electron chi connectivity index (χ0n) is 37.1. The molecule has 3 aliphatic rings. The van der Waals surface area contributed by atoms with Crippen molar-refractivity contribution in [1.29, 1.82) is 5.41 Å². The van der Waals surface area contributed by atoms with E-state index in [1.54, 1.807) is 60.5 Å². The summed E-state index contributed by atoms with van der Waals surface area (Å²) in [5.74, 6) is 2.10. The number of carbonyl (C=O) groups is 3. The van der Waals surface area contributed by atoms with E-state index in [9.17, 15) is 19.3 Å². The summed E-state index contributed by atoms with van der Waals surface area (Å²) in [6, 6.07) is 13.3. The Hall–Kier alpha value is -3.95. The number of nitrogens with one attached hydrogen (secondary N) is 6. The Kier molecular flexibility index (Phi) is 23.2. The maximum atomic E-state index is 13.8. The number of carbonyl (C=O) groups excluding carboxylic acids is 3. The fourth-order valence-electron chi connectivity index (χ4n) is 7.96. The number of urea groups is 1. The molecule has 0 radical (unpaired) electrons. The third-order valence-corrected chi connectivity index (χ3v) is 13.4. The number of rotatable bonds is 31. The molecule has 2 saturated heterocycles. The number of nitroso groups, excluding NO2 is 1. The Morgan fingerprint density at radius 1 is 0.862 bits per heavy atom. The molecule has 360 valence electrons. The largest absolute Gasteiger partial charge is 0.486 e. The van der Waals surface area contributed by atoms with Gasteiger partial charge in [0, 0.05) is 65.7 Å². The first-order valence-corrected chi connectivity index (χ1v) is 24.2. The van der Waals surface area contributed by atoms with Crippen molar-refractivity contribution in [3.63, 3.8) is 0 Å². The lowest BCUT2D eigenvalue weighted by molar-refractivity contribution is -0.137. The molecule has 5 rings (SSSR count). The maximum absolute atomic E-state index is 13.8. The lowest BCUT2D eigenvalue weighted by Crippen LogP contribution is -2.52. The summed E-state index contributed by atoms with van der Waals surface area (Å²) in [4.78, 5) is 51.5. The summed E-state index contributed by atoms with van der Waals surface area (Å²) in [6.07, 6.45) is 5.99. The van der Waals surface area contributed by atoms with Crippen molar-refractivity contribution >= 4 is 58.6 Å². The van der Waals surface area contributed by atoms with E-state index in [0.29, 0.717) is 98.8 Å². The summed E-state index contributed by atoms with van der Waals surface area (Å²) < 4.78 is 28.5. The van der Waals surface area contributed by atoms with Crippen LogP contribution in [0.4, 0.5) is 4.79 Å². The van der Waals surface area contributed by atoms with Gasteiger partial charge >= 0.3 is 6.03 Å². The van der Waals surface area contributed by atoms with E-state index in [0.717, 1.165) is 37.9 Å². The van der Waals surface area contributed by atoms with Crippen LogP contribution >= 0.6 is 35.0 Å². The summed E-state index contributed by atoms with van der Waals surface area (Å²) >= 11 is 13.9. The third-order valence-electron chi connectivity index (χ3n) is 11.4. The standard InChI is InChI=1S/C44H65Cl2N9O9S/c1-48-54(19-21-61-23-25-62-24-22-60-20-18-49-41(56)5-3-2-4-39-43-38(30-65-39)51-44(58)52-43)26-34(53-59)27-55(42(57)29-64-37-16-8-32(46)9-17-37)35-12-10-33(11-13-35)50-40(47)28-63-36-14-6-31(45)7-15-36/h6-9,14-17,33-35,38-39,43,48H,2-5,10-13,18-30H2,1H3,(H2,47,50)(H,49,56)(H2,51,52,58)/t33-,34?,35-,38?,39-,43?/m0/s1. The summed E-state index contributed by atoms with van der Waals surface area (Å²) in [7, 11) is 1.76. The number of benzene rings is 2. The van der Waals surface area contributed by atoms with Crippen LogP contribution in [0.1, 0.15) is 51.4 Å². The van der Waals surface area contributed by atoms with Crippen LogP contribution in [-0.4, -0.2) is 161 Å². The monoisotopic (exact) mass is 965 g/mol. The molecule has 0 aromatic heterocycles. The zero-order valence-corrected chi connectivity index (χ0v) is 39.4. The van der Waals surface area contributed by atoms with Gasteiger partial charge in [0.05, 0.1) is 51.7 Å². The van der Waals surface area contributed by atoms with E-state index < -0.39 is 6.04 Å². The number of unbranched alkanes of at least 4 members (excludes halogenated alkanes) is 1. The fourth-order valence-corrected chi connectivity index (χ4v) is 9.76. The number of fused-ring (bicyclic) bond motifs is 1. The third kappa shape index (κ3) is 19.1. The van der Waals surface area contributed by atoms with E-state index >= 15 is 0 Å². The SMILES string of the molecule is CNN(CCOCCOCCOCCNC(=O)CCCC[C@@H]1SCC2NC(=O)NC21)CC(CN(C(=O)COc1ccc(Cl)cc1)[C@H]1CC[C@H](NC(=N)COc2ccc(Cl)cc2)CC1)N=O. The molecule has 2 aliphatic heterocycles. The normalized spacial score (nSPS) is 20.6. The molecule has 65 heavy (non-hydrogen) atoms. The first-order valence-electron chi connectivity index (χ1n) is 22.4. The molecular weight excluding hydrogens is 902 g/mol. The number of hydrazine groups is 1. The number of hydrogen-bond acceptors (Lipinski definition) is 14. The van der Waals surface area contributed by atoms with Gasteiger partial charge in [0.25, 0.3) is 5.91 Å². The molecule has 4 amide bonds. The van der Waals surface area contributed by atoms with Gasteiger partial charge in [-0.25, -0.2) is 9.80 Å². The molecule has 2 heterocycles. The zero-order chi connectivity index (χ0) is 46.2. The predicted octanol–water partition coefficient (Wildman–Crippen LogP) is 4.62. The molecule has 3 unspecified atom stereocenters. The van der Waals surface area contributed by atoms with E-state index in [2.05, 4.69) is 31.9 Å². The topological polar surface area (TPSA) is 217 Å². The Morgan fingerprint density at radius 2 is 1.49 bits per heavy atom. The molecule has 0 spiro atoms. The first-order chi connectivity index (χ1) is 31.6. The van der Waals surface area contributed by atoms with Crippen molar-refractivity contribution in [2.75, 3.05) is 91.8 Å². The van der Waals surface area contributed by atoms with Crippen LogP contribution < -0.4 is 36.2 Å². The van der Waals surface area contributed by atoms with E-state index in [4.69, 9.17) is 52.3 Å². The average Bonchev–Trinajstić information content (AvgIpc) is 3.87. The molecule has 1 saturated carbocycles. The highest BCUT2D eigenvalue weighted by Gasteiger charge is 2.42. The molecule has 0 bridgehead atoms. The summed E-state index contributed by atoms with van der Waals surface area (Å²) in [5.41, 5.74) is 3.10. The second kappa shape index (κ2) is 28.9. The average molecular weight is 967 g/mol. The minimum absolute atomic E-state index is 0.0122. The van der Waals surface area contributed by atoms with Crippen LogP contribution in [-0.2, 0) is 23.8 Å². The number of amidine groups is 1. The van der Waals surface area contributed by atoms with Crippen LogP contribution in [0.2, 0.25) is 10.0 Å². The number of nitrogens with zero attached hydrogens (tertiary/aromatic N) is 3. The Balaban J connectivity index is 0.927. The Morgan fingerprint density at radius 3 is 2.14 bits per heavy atom. The second-order valence-electron chi connectivity index (χ2n) is 16.1. The molecule has 6 N–H and O–H groups in total. The Labute approximate surface area is 396 Å². The van der Waals surface area contributed by atoms with Gasteiger partial charge in [-0.2, -0.15) is 16.7 Å². The van der Waals surface area contributed by atoms with Gasteiger partial charge in [-0.05, 0) is 94.1 Å². The lowest BCUT2D eigenvalue weighted by atomic mass is 9.89. The van der Waals surface area contributed by atoms with Gasteiger partial charge in [-0.3, -0.25) is 20.4 Å². The molecule has 2 aromatic carbocycles. The number of hydrogen-bond donors (Lipinski definition) is 6. The van der Waals surface area contributed by atoms with Crippen LogP contribution in [0.5, 0.6) is 11.5 Å². The molecule has 2 aromatic rings. The van der Waals surface area contributed by atoms with Gasteiger partial charge in [0.2, 0.25) is 5.91 Å². The van der Waals surface area contributed by atoms with Gasteiger partial charge in [0.15, 0.2) is 6.61 Å². The van der Waals surface area contributed by atoms with Crippen LogP contribution in [0.15, 0.2) is 53.7 Å². The van der Waals surface area contributed by atoms with Crippen molar-refractivity contribution in [2.24, 2.45) is 5.18 Å². The Bertz CT molecular complexity index is 1770. The number of amides is 4. The van der Waals surface area contributed by atoms with Crippen molar-refractivity contribution in [3.8, 4) is 11.5 Å². The first kappa shape index (κ1) is 52.0. The van der Waals surface area contributed by atoms with Crippen molar-refractivity contribution in [3.05, 3.63) is 63.5 Å². The predicted molar refractivity (Wildman–Crippen MR) is 252 cm³/mol. The van der Waals surface area contributed by atoms with E-state index in [-0.39, 0.29) is 74.2 Å². The van der Waals surface area contributed by atoms with Crippen molar-refractivity contribution < 1.29 is 38.1 Å². The van der Waals surface area contributed by atoms with Crippen molar-refractivity contribution in [1.82, 2.24) is 36.6 Å². The maximum Gasteiger partial charge on any atom is 0.315 e. The molecule has 18 nitrogen and oxygen atoms in total. The van der Waals surface area contributed by atoms with Gasteiger partial charge in [-0.15, -0.1) is 0 Å². The van der Waals surface area contributed by atoms with E-state index in [1.165, 1.54) is 0 Å². The molecule has 21 heteroatoms. The minimum Gasteiger partial charge on any atom is -0.486 e. The minimum atomic E-state index is -0.733. The van der Waals surface area contributed by atoms with Gasteiger partial charge in [-0.1, -0.05) is 34.8 Å². The summed E-state index contributed by atoms with van der Waals surface area (Å²) in [6.45, 7) is 3.46. The van der Waals surface area contributed by atoms with Gasteiger partial charge in [0.1, 0.15) is 30.0 Å².